The van der Waals surface area contributed by atoms with Crippen LogP contribution in [0.2, 0.25) is 0 Å². The van der Waals surface area contributed by atoms with E-state index in [1.807, 2.05) is 60.9 Å². The fourth-order valence-corrected chi connectivity index (χ4v) is 6.69. The largest absolute Gasteiger partial charge is 0.501 e. The van der Waals surface area contributed by atoms with Crippen LogP contribution in [-0.4, -0.2) is 9.97 Å². The zero-order valence-corrected chi connectivity index (χ0v) is 29.1. The van der Waals surface area contributed by atoms with Gasteiger partial charge in [-0.1, -0.05) is 116 Å². The van der Waals surface area contributed by atoms with E-state index in [9.17, 15) is 0 Å². The predicted molar refractivity (Wildman–Crippen MR) is 189 cm³/mol. The van der Waals surface area contributed by atoms with Gasteiger partial charge in [0.1, 0.15) is 5.58 Å². The number of pyridine rings is 2. The van der Waals surface area contributed by atoms with Gasteiger partial charge in [-0.15, -0.1) is 54.1 Å². The van der Waals surface area contributed by atoms with E-state index in [-0.39, 0.29) is 20.1 Å². The van der Waals surface area contributed by atoms with E-state index in [2.05, 4.69) is 95.8 Å². The van der Waals surface area contributed by atoms with Crippen molar-refractivity contribution >= 4 is 21.9 Å². The topological polar surface area (TPSA) is 38.9 Å². The minimum Gasteiger partial charge on any atom is -0.501 e. The van der Waals surface area contributed by atoms with E-state index >= 15 is 0 Å². The Bertz CT molecular complexity index is 2030. The Morgan fingerprint density at radius 3 is 2.30 bits per heavy atom. The SMILES string of the molecule is CC(c1ccccc1)c1ccnc(-c2[c-]cccc2)c1.[Ir].[c-]1ccc2c(oc3ccccc32)c1-c1cc(CC2CCCCC2)ccn1. The molecule has 1 aliphatic carbocycles. The van der Waals surface area contributed by atoms with Gasteiger partial charge in [0.15, 0.2) is 0 Å². The van der Waals surface area contributed by atoms with E-state index in [4.69, 9.17) is 4.42 Å². The van der Waals surface area contributed by atoms with Crippen LogP contribution in [0.15, 0.2) is 132 Å². The van der Waals surface area contributed by atoms with Gasteiger partial charge in [-0.2, -0.15) is 0 Å². The van der Waals surface area contributed by atoms with Crippen LogP contribution in [0, 0.1) is 18.1 Å². The van der Waals surface area contributed by atoms with Gasteiger partial charge in [-0.3, -0.25) is 0 Å². The van der Waals surface area contributed by atoms with Gasteiger partial charge >= 0.3 is 0 Å². The number of aromatic nitrogens is 2. The molecule has 1 saturated carbocycles. The second kappa shape index (κ2) is 15.5. The smallest absolute Gasteiger partial charge is 0.120 e. The Morgan fingerprint density at radius 2 is 1.47 bits per heavy atom. The second-order valence-electron chi connectivity index (χ2n) is 12.3. The monoisotopic (exact) mass is 791 g/mol. The molecule has 0 saturated heterocycles. The van der Waals surface area contributed by atoms with Crippen molar-refractivity contribution in [1.82, 2.24) is 9.97 Å². The number of fused-ring (bicyclic) bond motifs is 3. The third-order valence-corrected chi connectivity index (χ3v) is 9.24. The van der Waals surface area contributed by atoms with Gasteiger partial charge in [0.05, 0.1) is 5.58 Å². The molecule has 47 heavy (non-hydrogen) atoms. The fraction of sp³-hybridized carbons (Fsp3) is 0.209. The molecule has 8 rings (SSSR count). The van der Waals surface area contributed by atoms with Crippen LogP contribution in [0.3, 0.4) is 0 Å². The number of hydrogen-bond acceptors (Lipinski definition) is 3. The van der Waals surface area contributed by atoms with Gasteiger partial charge in [-0.05, 0) is 53.1 Å². The molecule has 3 nitrogen and oxygen atoms in total. The summed E-state index contributed by atoms with van der Waals surface area (Å²) in [6.07, 6.45) is 11.9. The Morgan fingerprint density at radius 1 is 0.702 bits per heavy atom. The Balaban J connectivity index is 0.000000167. The van der Waals surface area contributed by atoms with E-state index in [0.29, 0.717) is 5.92 Å². The molecule has 7 aromatic rings. The molecule has 3 aromatic heterocycles. The summed E-state index contributed by atoms with van der Waals surface area (Å²) < 4.78 is 6.16. The molecule has 3 heterocycles. The van der Waals surface area contributed by atoms with Crippen molar-refractivity contribution in [2.24, 2.45) is 5.92 Å². The number of furan rings is 1. The average Bonchev–Trinajstić information content (AvgIpc) is 3.52. The first kappa shape index (κ1) is 32.6. The number of nitrogens with zero attached hydrogens (tertiary/aromatic N) is 2. The number of para-hydroxylation sites is 1. The van der Waals surface area contributed by atoms with Crippen LogP contribution in [-0.2, 0) is 26.5 Å². The molecule has 4 heteroatoms. The van der Waals surface area contributed by atoms with Crippen LogP contribution < -0.4 is 0 Å². The molecule has 0 aliphatic heterocycles. The molecule has 0 N–H and O–H groups in total. The normalized spacial score (nSPS) is 13.8. The molecule has 0 bridgehead atoms. The first-order valence-electron chi connectivity index (χ1n) is 16.5. The summed E-state index contributed by atoms with van der Waals surface area (Å²) in [5, 5.41) is 2.28. The maximum atomic E-state index is 6.16. The Labute approximate surface area is 291 Å². The number of rotatable bonds is 6. The van der Waals surface area contributed by atoms with Crippen LogP contribution in [0.4, 0.5) is 0 Å². The molecular formula is C43H38IrN2O-2. The van der Waals surface area contributed by atoms with Crippen molar-refractivity contribution in [2.45, 2.75) is 51.4 Å². The first-order chi connectivity index (χ1) is 22.7. The molecule has 1 unspecified atom stereocenters. The van der Waals surface area contributed by atoms with Crippen LogP contribution >= 0.6 is 0 Å². The van der Waals surface area contributed by atoms with Crippen LogP contribution in [0.25, 0.3) is 44.5 Å². The molecule has 1 aliphatic rings. The van der Waals surface area contributed by atoms with Crippen molar-refractivity contribution in [3.8, 4) is 22.5 Å². The van der Waals surface area contributed by atoms with Gasteiger partial charge < -0.3 is 14.4 Å². The fourth-order valence-electron chi connectivity index (χ4n) is 6.69. The second-order valence-corrected chi connectivity index (χ2v) is 12.3. The van der Waals surface area contributed by atoms with Gasteiger partial charge in [0.25, 0.3) is 0 Å². The minimum absolute atomic E-state index is 0. The minimum atomic E-state index is 0. The summed E-state index contributed by atoms with van der Waals surface area (Å²) in [5.74, 6) is 1.19. The van der Waals surface area contributed by atoms with Crippen molar-refractivity contribution < 1.29 is 24.5 Å². The Kier molecular flexibility index (Phi) is 10.7. The third-order valence-electron chi connectivity index (χ3n) is 9.24. The third kappa shape index (κ3) is 7.62. The molecular weight excluding hydrogens is 753 g/mol. The summed E-state index contributed by atoms with van der Waals surface area (Å²) in [6, 6.07) is 46.0. The van der Waals surface area contributed by atoms with E-state index in [1.165, 1.54) is 48.8 Å². The number of hydrogen-bond donors (Lipinski definition) is 0. The predicted octanol–water partition coefficient (Wildman–Crippen LogP) is 11.3. The molecule has 0 spiro atoms. The molecule has 0 amide bonds. The van der Waals surface area contributed by atoms with Gasteiger partial charge in [-0.25, -0.2) is 0 Å². The van der Waals surface area contributed by atoms with Crippen molar-refractivity contribution in [1.29, 1.82) is 0 Å². The maximum Gasteiger partial charge on any atom is 0.120 e. The van der Waals surface area contributed by atoms with Gasteiger partial charge in [0.2, 0.25) is 0 Å². The van der Waals surface area contributed by atoms with Crippen molar-refractivity contribution in [3.05, 3.63) is 156 Å². The first-order valence-corrected chi connectivity index (χ1v) is 16.5. The summed E-state index contributed by atoms with van der Waals surface area (Å²) in [5.41, 5.74) is 9.72. The molecule has 1 fully saturated rings. The maximum absolute atomic E-state index is 6.16. The van der Waals surface area contributed by atoms with Crippen molar-refractivity contribution in [2.75, 3.05) is 0 Å². The number of benzene rings is 4. The Hall–Kier alpha value is -4.37. The summed E-state index contributed by atoms with van der Waals surface area (Å²) in [7, 11) is 0. The van der Waals surface area contributed by atoms with E-state index in [1.54, 1.807) is 0 Å². The van der Waals surface area contributed by atoms with Crippen LogP contribution in [0.1, 0.15) is 61.6 Å². The zero-order chi connectivity index (χ0) is 31.1. The molecule has 4 aromatic carbocycles. The van der Waals surface area contributed by atoms with Crippen LogP contribution in [0.5, 0.6) is 0 Å². The summed E-state index contributed by atoms with van der Waals surface area (Å²) in [4.78, 5) is 9.09. The van der Waals surface area contributed by atoms with Crippen molar-refractivity contribution in [3.63, 3.8) is 0 Å². The molecule has 1 radical (unpaired) electrons. The standard InChI is InChI=1S/C24H22NO.C19H16N.Ir/c1-2-7-17(8-3-1)15-18-13-14-25-22(16-18)21-11-6-10-20-19-9-4-5-12-23(19)26-24(20)21;1-15(16-8-4-2-5-9-16)18-12-13-20-19(14-18)17-10-6-3-7-11-17;/h4-6,9-10,12-14,16-17H,1-3,7-8,15H2;2-10,12-15H,1H3;/q2*-1;. The summed E-state index contributed by atoms with van der Waals surface area (Å²) in [6.45, 7) is 2.23. The molecule has 1 atom stereocenters. The molecule has 237 valence electrons. The van der Waals surface area contributed by atoms with E-state index < -0.39 is 0 Å². The van der Waals surface area contributed by atoms with Gasteiger partial charge in [0, 0.05) is 43.8 Å². The summed E-state index contributed by atoms with van der Waals surface area (Å²) >= 11 is 0. The van der Waals surface area contributed by atoms with E-state index in [0.717, 1.165) is 56.8 Å². The quantitative estimate of drug-likeness (QED) is 0.158. The zero-order valence-electron chi connectivity index (χ0n) is 26.7. The average molecular weight is 791 g/mol.